The van der Waals surface area contributed by atoms with E-state index in [1.165, 1.54) is 17.0 Å². The molecule has 20 heavy (non-hydrogen) atoms. The van der Waals surface area contributed by atoms with E-state index in [0.717, 1.165) is 0 Å². The molecule has 104 valence electrons. The summed E-state index contributed by atoms with van der Waals surface area (Å²) in [7, 11) is 3.36. The lowest BCUT2D eigenvalue weighted by Gasteiger charge is -2.10. The summed E-state index contributed by atoms with van der Waals surface area (Å²) in [6, 6.07) is 9.58. The van der Waals surface area contributed by atoms with Gasteiger partial charge in [-0.15, -0.1) is 0 Å². The van der Waals surface area contributed by atoms with Crippen LogP contribution < -0.4 is 5.32 Å². The smallest absolute Gasteiger partial charge is 0.291 e. The molecule has 0 atom stereocenters. The molecule has 0 spiro atoms. The minimum Gasteiger partial charge on any atom is -0.440 e. The third kappa shape index (κ3) is 3.19. The highest BCUT2D eigenvalue weighted by Gasteiger charge is 2.12. The van der Waals surface area contributed by atoms with Crippen LogP contribution in [0.1, 0.15) is 20.9 Å². The molecule has 0 aliphatic carbocycles. The molecule has 0 saturated heterocycles. The molecular formula is C14H13ClN2O3. The molecule has 0 bridgehead atoms. The summed E-state index contributed by atoms with van der Waals surface area (Å²) in [5.41, 5.74) is 1.12. The third-order valence-corrected chi connectivity index (χ3v) is 2.80. The van der Waals surface area contributed by atoms with Crippen LogP contribution in [0.5, 0.6) is 0 Å². The highest BCUT2D eigenvalue weighted by Crippen LogP contribution is 2.16. The predicted octanol–water partition coefficient (Wildman–Crippen LogP) is 2.89. The van der Waals surface area contributed by atoms with Gasteiger partial charge in [-0.05, 0) is 48.0 Å². The second-order valence-corrected chi connectivity index (χ2v) is 4.71. The van der Waals surface area contributed by atoms with Crippen molar-refractivity contribution in [3.05, 3.63) is 52.9 Å². The minimum absolute atomic E-state index is 0.0966. The summed E-state index contributed by atoms with van der Waals surface area (Å²) >= 11 is 5.60. The Morgan fingerprint density at radius 2 is 1.75 bits per heavy atom. The Labute approximate surface area is 121 Å². The molecule has 2 aromatic rings. The van der Waals surface area contributed by atoms with Crippen LogP contribution in [-0.2, 0) is 0 Å². The zero-order chi connectivity index (χ0) is 14.7. The fourth-order valence-corrected chi connectivity index (χ4v) is 1.73. The molecule has 2 rings (SSSR count). The maximum Gasteiger partial charge on any atom is 0.291 e. The van der Waals surface area contributed by atoms with E-state index in [1.807, 2.05) is 0 Å². The van der Waals surface area contributed by atoms with Gasteiger partial charge in [0.1, 0.15) is 0 Å². The lowest BCUT2D eigenvalue weighted by Crippen LogP contribution is -2.21. The summed E-state index contributed by atoms with van der Waals surface area (Å²) in [4.78, 5) is 25.0. The zero-order valence-electron chi connectivity index (χ0n) is 11.0. The number of nitrogens with one attached hydrogen (secondary N) is 1. The van der Waals surface area contributed by atoms with Gasteiger partial charge < -0.3 is 14.6 Å². The van der Waals surface area contributed by atoms with Crippen LogP contribution in [0.2, 0.25) is 5.22 Å². The Bertz CT molecular complexity index is 632. The Morgan fingerprint density at radius 3 is 2.25 bits per heavy atom. The average Bonchev–Trinajstić information content (AvgIpc) is 2.85. The molecule has 0 fully saturated rings. The van der Waals surface area contributed by atoms with Crippen LogP contribution >= 0.6 is 11.6 Å². The van der Waals surface area contributed by atoms with E-state index in [-0.39, 0.29) is 16.9 Å². The number of benzene rings is 1. The average molecular weight is 293 g/mol. The van der Waals surface area contributed by atoms with Crippen molar-refractivity contribution in [1.29, 1.82) is 0 Å². The van der Waals surface area contributed by atoms with E-state index in [2.05, 4.69) is 5.32 Å². The number of carbonyl (C=O) groups excluding carboxylic acids is 2. The molecule has 5 nitrogen and oxygen atoms in total. The second-order valence-electron chi connectivity index (χ2n) is 4.33. The van der Waals surface area contributed by atoms with Gasteiger partial charge in [0.05, 0.1) is 0 Å². The summed E-state index contributed by atoms with van der Waals surface area (Å²) in [6.45, 7) is 0. The third-order valence-electron chi connectivity index (χ3n) is 2.59. The minimum atomic E-state index is -0.399. The quantitative estimate of drug-likeness (QED) is 0.946. The van der Waals surface area contributed by atoms with Crippen LogP contribution in [0.15, 0.2) is 40.8 Å². The van der Waals surface area contributed by atoms with Crippen molar-refractivity contribution < 1.29 is 14.0 Å². The fraction of sp³-hybridized carbons (Fsp3) is 0.143. The Hall–Kier alpha value is -2.27. The molecule has 0 radical (unpaired) electrons. The molecule has 6 heteroatoms. The summed E-state index contributed by atoms with van der Waals surface area (Å²) in [6.07, 6.45) is 0. The first-order chi connectivity index (χ1) is 9.47. The van der Waals surface area contributed by atoms with Crippen molar-refractivity contribution in [3.63, 3.8) is 0 Å². The molecule has 1 N–H and O–H groups in total. The first-order valence-electron chi connectivity index (χ1n) is 5.86. The van der Waals surface area contributed by atoms with Gasteiger partial charge in [-0.3, -0.25) is 9.59 Å². The standard InChI is InChI=1S/C14H13ClN2O3/c1-17(2)14(19)9-3-5-10(6-4-9)16-13(18)11-7-8-12(15)20-11/h3-8H,1-2H3,(H,16,18). The molecular weight excluding hydrogens is 280 g/mol. The van der Waals surface area contributed by atoms with Crippen molar-refractivity contribution in [2.75, 3.05) is 19.4 Å². The largest absolute Gasteiger partial charge is 0.440 e. The van der Waals surface area contributed by atoms with Gasteiger partial charge in [-0.1, -0.05) is 0 Å². The number of carbonyl (C=O) groups is 2. The first kappa shape index (κ1) is 14.1. The van der Waals surface area contributed by atoms with E-state index in [0.29, 0.717) is 11.3 Å². The van der Waals surface area contributed by atoms with Crippen LogP contribution in [0, 0.1) is 0 Å². The molecule has 0 aliphatic heterocycles. The SMILES string of the molecule is CN(C)C(=O)c1ccc(NC(=O)c2ccc(Cl)o2)cc1. The number of amides is 2. The second kappa shape index (κ2) is 5.79. The van der Waals surface area contributed by atoms with Crippen molar-refractivity contribution in [3.8, 4) is 0 Å². The predicted molar refractivity (Wildman–Crippen MR) is 76.1 cm³/mol. The van der Waals surface area contributed by atoms with Crippen LogP contribution in [0.25, 0.3) is 0 Å². The lowest BCUT2D eigenvalue weighted by atomic mass is 10.2. The van der Waals surface area contributed by atoms with Gasteiger partial charge in [-0.2, -0.15) is 0 Å². The van der Waals surface area contributed by atoms with Crippen molar-refractivity contribution in [2.24, 2.45) is 0 Å². The van der Waals surface area contributed by atoms with Gasteiger partial charge >= 0.3 is 0 Å². The lowest BCUT2D eigenvalue weighted by molar-refractivity contribution is 0.0827. The molecule has 0 unspecified atom stereocenters. The first-order valence-corrected chi connectivity index (χ1v) is 6.23. The Balaban J connectivity index is 2.07. The number of furan rings is 1. The zero-order valence-corrected chi connectivity index (χ0v) is 11.8. The molecule has 0 saturated carbocycles. The Kier molecular flexibility index (Phi) is 4.10. The Morgan fingerprint density at radius 1 is 1.10 bits per heavy atom. The van der Waals surface area contributed by atoms with E-state index in [4.69, 9.17) is 16.0 Å². The highest BCUT2D eigenvalue weighted by atomic mass is 35.5. The topological polar surface area (TPSA) is 62.6 Å². The summed E-state index contributed by atoms with van der Waals surface area (Å²) in [5.74, 6) is -0.368. The number of halogens is 1. The van der Waals surface area contributed by atoms with E-state index < -0.39 is 5.91 Å². The normalized spacial score (nSPS) is 10.2. The van der Waals surface area contributed by atoms with E-state index in [1.54, 1.807) is 38.4 Å². The van der Waals surface area contributed by atoms with Crippen molar-refractivity contribution in [1.82, 2.24) is 4.90 Å². The number of rotatable bonds is 3. The summed E-state index contributed by atoms with van der Waals surface area (Å²) in [5, 5.41) is 2.81. The molecule has 1 heterocycles. The number of hydrogen-bond acceptors (Lipinski definition) is 3. The van der Waals surface area contributed by atoms with Crippen molar-refractivity contribution in [2.45, 2.75) is 0 Å². The molecule has 1 aromatic heterocycles. The number of nitrogens with zero attached hydrogens (tertiary/aromatic N) is 1. The van der Waals surface area contributed by atoms with Gasteiger partial charge in [0.25, 0.3) is 11.8 Å². The van der Waals surface area contributed by atoms with Gasteiger partial charge in [0.15, 0.2) is 11.0 Å². The molecule has 1 aromatic carbocycles. The van der Waals surface area contributed by atoms with Gasteiger partial charge in [0.2, 0.25) is 0 Å². The van der Waals surface area contributed by atoms with E-state index in [9.17, 15) is 9.59 Å². The maximum absolute atomic E-state index is 11.8. The van der Waals surface area contributed by atoms with Crippen molar-refractivity contribution >= 4 is 29.1 Å². The number of hydrogen-bond donors (Lipinski definition) is 1. The maximum atomic E-state index is 11.8. The highest BCUT2D eigenvalue weighted by molar-refractivity contribution is 6.29. The van der Waals surface area contributed by atoms with Crippen LogP contribution in [0.4, 0.5) is 5.69 Å². The fourth-order valence-electron chi connectivity index (χ4n) is 1.58. The van der Waals surface area contributed by atoms with E-state index >= 15 is 0 Å². The molecule has 0 aliphatic rings. The van der Waals surface area contributed by atoms with Crippen LogP contribution in [-0.4, -0.2) is 30.8 Å². The number of anilines is 1. The summed E-state index contributed by atoms with van der Waals surface area (Å²) < 4.78 is 5.00. The van der Waals surface area contributed by atoms with Gasteiger partial charge in [-0.25, -0.2) is 0 Å². The van der Waals surface area contributed by atoms with Gasteiger partial charge in [0, 0.05) is 25.3 Å². The molecule has 2 amide bonds. The monoisotopic (exact) mass is 292 g/mol. The van der Waals surface area contributed by atoms with Crippen LogP contribution in [0.3, 0.4) is 0 Å².